The van der Waals surface area contributed by atoms with Crippen LogP contribution in [0.25, 0.3) is 0 Å². The number of thiophene rings is 1. The van der Waals surface area contributed by atoms with Crippen LogP contribution < -0.4 is 10.6 Å². The van der Waals surface area contributed by atoms with Gasteiger partial charge in [-0.1, -0.05) is 11.6 Å². The smallest absolute Gasteiger partial charge is 0.234 e. The molecule has 0 aliphatic heterocycles. The Bertz CT molecular complexity index is 376. The molecule has 5 heteroatoms. The molecule has 88 valence electrons. The van der Waals surface area contributed by atoms with E-state index < -0.39 is 0 Å². The lowest BCUT2D eigenvalue weighted by Gasteiger charge is -2.12. The molecule has 0 aromatic carbocycles. The third-order valence-corrected chi connectivity index (χ3v) is 3.71. The van der Waals surface area contributed by atoms with Gasteiger partial charge in [0.2, 0.25) is 5.91 Å². The van der Waals surface area contributed by atoms with Crippen LogP contribution in [0.3, 0.4) is 0 Å². The van der Waals surface area contributed by atoms with E-state index in [0.717, 1.165) is 22.7 Å². The first-order chi connectivity index (χ1) is 7.65. The summed E-state index contributed by atoms with van der Waals surface area (Å²) in [6.45, 7) is 2.40. The highest BCUT2D eigenvalue weighted by Crippen LogP contribution is 2.24. The van der Waals surface area contributed by atoms with Crippen molar-refractivity contribution in [1.82, 2.24) is 10.6 Å². The van der Waals surface area contributed by atoms with E-state index in [0.29, 0.717) is 12.6 Å². The van der Waals surface area contributed by atoms with E-state index in [-0.39, 0.29) is 11.9 Å². The van der Waals surface area contributed by atoms with Crippen LogP contribution in [-0.4, -0.2) is 18.5 Å². The molecule has 1 unspecified atom stereocenters. The van der Waals surface area contributed by atoms with Crippen molar-refractivity contribution in [1.29, 1.82) is 0 Å². The van der Waals surface area contributed by atoms with Crippen molar-refractivity contribution < 1.29 is 4.79 Å². The van der Waals surface area contributed by atoms with Crippen molar-refractivity contribution in [3.05, 3.63) is 21.3 Å². The van der Waals surface area contributed by atoms with Crippen LogP contribution in [0, 0.1) is 0 Å². The summed E-state index contributed by atoms with van der Waals surface area (Å²) in [5.74, 6) is 0.0793. The minimum absolute atomic E-state index is 0.0793. The summed E-state index contributed by atoms with van der Waals surface area (Å²) in [6.07, 6.45) is 2.25. The summed E-state index contributed by atoms with van der Waals surface area (Å²) >= 11 is 7.37. The second-order valence-electron chi connectivity index (χ2n) is 4.13. The minimum Gasteiger partial charge on any atom is -0.352 e. The van der Waals surface area contributed by atoms with Gasteiger partial charge >= 0.3 is 0 Å². The predicted molar refractivity (Wildman–Crippen MR) is 66.9 cm³/mol. The van der Waals surface area contributed by atoms with Crippen molar-refractivity contribution in [3.8, 4) is 0 Å². The molecule has 1 aliphatic carbocycles. The molecule has 2 N–H and O–H groups in total. The van der Waals surface area contributed by atoms with Gasteiger partial charge in [-0.25, -0.2) is 0 Å². The zero-order valence-electron chi connectivity index (χ0n) is 9.13. The quantitative estimate of drug-likeness (QED) is 0.851. The van der Waals surface area contributed by atoms with E-state index in [1.165, 1.54) is 11.3 Å². The fraction of sp³-hybridized carbons (Fsp3) is 0.545. The second kappa shape index (κ2) is 5.17. The fourth-order valence-corrected chi connectivity index (χ4v) is 2.41. The van der Waals surface area contributed by atoms with E-state index in [2.05, 4.69) is 10.6 Å². The normalized spacial score (nSPS) is 17.1. The highest BCUT2D eigenvalue weighted by Gasteiger charge is 2.23. The Kier molecular flexibility index (Phi) is 3.84. The third kappa shape index (κ3) is 3.47. The van der Waals surface area contributed by atoms with E-state index in [1.54, 1.807) is 0 Å². The van der Waals surface area contributed by atoms with Crippen LogP contribution in [0.5, 0.6) is 0 Å². The van der Waals surface area contributed by atoms with Gasteiger partial charge < -0.3 is 10.6 Å². The summed E-state index contributed by atoms with van der Waals surface area (Å²) in [4.78, 5) is 11.4. The van der Waals surface area contributed by atoms with Crippen molar-refractivity contribution >= 4 is 28.8 Å². The van der Waals surface area contributed by atoms with Crippen LogP contribution in [0.2, 0.25) is 4.34 Å². The first-order valence-corrected chi connectivity index (χ1v) is 6.67. The standard InChI is InChI=1S/C11H15ClN2OS/c1-7(8-4-10(12)16-6-8)13-5-11(15)14-9-2-3-9/h4,6-7,9,13H,2-3,5H2,1H3,(H,14,15). The number of carbonyl (C=O) groups is 1. The maximum atomic E-state index is 11.4. The first-order valence-electron chi connectivity index (χ1n) is 5.42. The highest BCUT2D eigenvalue weighted by atomic mass is 35.5. The van der Waals surface area contributed by atoms with Crippen LogP contribution in [-0.2, 0) is 4.79 Å². The maximum absolute atomic E-state index is 11.4. The molecule has 0 spiro atoms. The molecular weight excluding hydrogens is 244 g/mol. The number of hydrogen-bond donors (Lipinski definition) is 2. The van der Waals surface area contributed by atoms with Crippen molar-refractivity contribution in [2.75, 3.05) is 6.54 Å². The second-order valence-corrected chi connectivity index (χ2v) is 5.67. The molecule has 2 rings (SSSR count). The molecular formula is C11H15ClN2OS. The predicted octanol–water partition coefficient (Wildman–Crippen LogP) is 2.33. The number of halogens is 1. The molecule has 1 aromatic heterocycles. The molecule has 1 heterocycles. The van der Waals surface area contributed by atoms with Gasteiger partial charge in [-0.2, -0.15) is 0 Å². The largest absolute Gasteiger partial charge is 0.352 e. The molecule has 1 amide bonds. The van der Waals surface area contributed by atoms with Gasteiger partial charge in [0.1, 0.15) is 0 Å². The zero-order chi connectivity index (χ0) is 11.5. The van der Waals surface area contributed by atoms with E-state index in [1.807, 2.05) is 18.4 Å². The Labute approximate surface area is 104 Å². The molecule has 1 fully saturated rings. The van der Waals surface area contributed by atoms with Crippen molar-refractivity contribution in [2.45, 2.75) is 31.8 Å². The third-order valence-electron chi connectivity index (χ3n) is 2.60. The summed E-state index contributed by atoms with van der Waals surface area (Å²) in [5.41, 5.74) is 1.13. The Balaban J connectivity index is 1.74. The van der Waals surface area contributed by atoms with Crippen molar-refractivity contribution in [3.63, 3.8) is 0 Å². The molecule has 0 bridgehead atoms. The van der Waals surface area contributed by atoms with E-state index in [9.17, 15) is 4.79 Å². The van der Waals surface area contributed by atoms with Gasteiger partial charge in [-0.15, -0.1) is 11.3 Å². The summed E-state index contributed by atoms with van der Waals surface area (Å²) in [7, 11) is 0. The fourth-order valence-electron chi connectivity index (χ4n) is 1.42. The van der Waals surface area contributed by atoms with Crippen LogP contribution in [0.15, 0.2) is 11.4 Å². The zero-order valence-corrected chi connectivity index (χ0v) is 10.7. The Hall–Kier alpha value is -0.580. The van der Waals surface area contributed by atoms with Crippen LogP contribution in [0.1, 0.15) is 31.4 Å². The molecule has 0 saturated heterocycles. The van der Waals surface area contributed by atoms with Crippen molar-refractivity contribution in [2.24, 2.45) is 0 Å². The van der Waals surface area contributed by atoms with Gasteiger partial charge in [0.25, 0.3) is 0 Å². The maximum Gasteiger partial charge on any atom is 0.234 e. The Morgan fingerprint density at radius 1 is 1.69 bits per heavy atom. The molecule has 1 aromatic rings. The van der Waals surface area contributed by atoms with E-state index >= 15 is 0 Å². The average molecular weight is 259 g/mol. The molecule has 3 nitrogen and oxygen atoms in total. The Morgan fingerprint density at radius 2 is 2.44 bits per heavy atom. The summed E-state index contributed by atoms with van der Waals surface area (Å²) < 4.78 is 0.783. The average Bonchev–Trinajstić information content (AvgIpc) is 2.95. The van der Waals surface area contributed by atoms with Gasteiger partial charge in [0.15, 0.2) is 0 Å². The molecule has 16 heavy (non-hydrogen) atoms. The lowest BCUT2D eigenvalue weighted by molar-refractivity contribution is -0.120. The number of rotatable bonds is 5. The molecule has 1 atom stereocenters. The number of carbonyl (C=O) groups excluding carboxylic acids is 1. The summed E-state index contributed by atoms with van der Waals surface area (Å²) in [5, 5.41) is 8.13. The van der Waals surface area contributed by atoms with Crippen LogP contribution in [0.4, 0.5) is 0 Å². The minimum atomic E-state index is 0.0793. The van der Waals surface area contributed by atoms with Gasteiger partial charge in [-0.3, -0.25) is 4.79 Å². The van der Waals surface area contributed by atoms with Gasteiger partial charge in [0.05, 0.1) is 10.9 Å². The topological polar surface area (TPSA) is 41.1 Å². The monoisotopic (exact) mass is 258 g/mol. The first kappa shape index (κ1) is 11.9. The number of hydrogen-bond acceptors (Lipinski definition) is 3. The highest BCUT2D eigenvalue weighted by molar-refractivity contribution is 7.14. The lowest BCUT2D eigenvalue weighted by atomic mass is 10.2. The SMILES string of the molecule is CC(NCC(=O)NC1CC1)c1csc(Cl)c1. The van der Waals surface area contributed by atoms with E-state index in [4.69, 9.17) is 11.6 Å². The number of amides is 1. The summed E-state index contributed by atoms with van der Waals surface area (Å²) in [6, 6.07) is 2.52. The molecule has 0 radical (unpaired) electrons. The number of nitrogens with one attached hydrogen (secondary N) is 2. The van der Waals surface area contributed by atoms with Gasteiger partial charge in [-0.05, 0) is 36.8 Å². The van der Waals surface area contributed by atoms with Crippen LogP contribution >= 0.6 is 22.9 Å². The lowest BCUT2D eigenvalue weighted by Crippen LogP contribution is -2.36. The molecule has 1 saturated carbocycles. The van der Waals surface area contributed by atoms with Gasteiger partial charge in [0, 0.05) is 12.1 Å². The Morgan fingerprint density at radius 3 is 3.00 bits per heavy atom. The molecule has 1 aliphatic rings.